The number of hydrogen-bond acceptors (Lipinski definition) is 10. The van der Waals surface area contributed by atoms with Crippen LogP contribution >= 0.6 is 24.1 Å². The van der Waals surface area contributed by atoms with Gasteiger partial charge in [-0.05, 0) is 0 Å². The summed E-state index contributed by atoms with van der Waals surface area (Å²) >= 11 is 0.134. The molecule has 0 aliphatic rings. The Morgan fingerprint density at radius 3 is 1.56 bits per heavy atom. The van der Waals surface area contributed by atoms with Crippen LogP contribution in [0.4, 0.5) is 0 Å². The lowest BCUT2D eigenvalue weighted by atomic mass is 10.2. The molecule has 10 heteroatoms. The van der Waals surface area contributed by atoms with Gasteiger partial charge in [0.05, 0.1) is 0 Å². The molecule has 0 saturated heterocycles. The Hall–Kier alpha value is -1.46. The van der Waals surface area contributed by atoms with Crippen LogP contribution in [0.1, 0.15) is 0 Å². The minimum atomic E-state index is -2.19. The van der Waals surface area contributed by atoms with Gasteiger partial charge in [-0.2, -0.15) is 10.5 Å². The van der Waals surface area contributed by atoms with Crippen LogP contribution < -0.4 is 0 Å². The summed E-state index contributed by atoms with van der Waals surface area (Å²) < 4.78 is 8.11. The number of thiocyanates is 2. The van der Waals surface area contributed by atoms with E-state index in [2.05, 4.69) is 8.37 Å². The second-order valence-electron chi connectivity index (χ2n) is 2.04. The van der Waals surface area contributed by atoms with Gasteiger partial charge in [0.1, 0.15) is 0 Å². The summed E-state index contributed by atoms with van der Waals surface area (Å²) in [7, 11) is 0. The first-order valence-electron chi connectivity index (χ1n) is 3.43. The summed E-state index contributed by atoms with van der Waals surface area (Å²) in [6, 6.07) is 0. The van der Waals surface area contributed by atoms with Crippen molar-refractivity contribution in [3.63, 3.8) is 0 Å². The smallest absolute Gasteiger partial charge is 0.351 e. The molecule has 2 unspecified atom stereocenters. The zero-order valence-electron chi connectivity index (χ0n) is 7.39. The maximum absolute atomic E-state index is 10.8. The zero-order chi connectivity index (χ0) is 12.6. The molecular weight excluding hydrogens is 260 g/mol. The maximum atomic E-state index is 10.8. The number of carbonyl (C=O) groups excluding carboxylic acids is 2. The maximum Gasteiger partial charge on any atom is 0.351 e. The Morgan fingerprint density at radius 1 is 1.00 bits per heavy atom. The molecule has 0 bridgehead atoms. The Balaban J connectivity index is 4.22. The van der Waals surface area contributed by atoms with Crippen molar-refractivity contribution in [1.82, 2.24) is 0 Å². The lowest BCUT2D eigenvalue weighted by Gasteiger charge is -2.12. The van der Waals surface area contributed by atoms with Crippen LogP contribution in [0.5, 0.6) is 0 Å². The molecule has 0 rings (SSSR count). The average molecular weight is 264 g/mol. The van der Waals surface area contributed by atoms with Gasteiger partial charge in [-0.25, -0.2) is 9.59 Å². The quantitative estimate of drug-likeness (QED) is 0.471. The molecule has 0 fully saturated rings. The molecule has 86 valence electrons. The van der Waals surface area contributed by atoms with Gasteiger partial charge in [0.25, 0.3) is 0 Å². The van der Waals surface area contributed by atoms with Crippen LogP contribution in [0.2, 0.25) is 0 Å². The number of nitriles is 2. The topological polar surface area (TPSA) is 141 Å². The molecule has 0 amide bonds. The largest absolute Gasteiger partial charge is 0.379 e. The number of rotatable bonds is 5. The first-order chi connectivity index (χ1) is 7.54. The second kappa shape index (κ2) is 7.78. The third kappa shape index (κ3) is 4.86. The van der Waals surface area contributed by atoms with Crippen molar-refractivity contribution in [3.8, 4) is 10.8 Å². The Kier molecular flexibility index (Phi) is 7.07. The van der Waals surface area contributed by atoms with Crippen LogP contribution in [0.3, 0.4) is 0 Å². The van der Waals surface area contributed by atoms with Crippen molar-refractivity contribution in [2.45, 2.75) is 12.2 Å². The molecule has 0 aliphatic heterocycles. The van der Waals surface area contributed by atoms with E-state index in [0.717, 1.165) is 0 Å². The minimum absolute atomic E-state index is 0.0668. The second-order valence-corrected chi connectivity index (χ2v) is 3.08. The highest BCUT2D eigenvalue weighted by molar-refractivity contribution is 7.99. The normalized spacial score (nSPS) is 12.8. The molecular formula is C6H4N2O6S2. The van der Waals surface area contributed by atoms with Crippen LogP contribution in [0.25, 0.3) is 0 Å². The van der Waals surface area contributed by atoms with Gasteiger partial charge in [0.15, 0.2) is 47.1 Å². The molecule has 0 aromatic carbocycles. The standard InChI is InChI=1S/C6H4N2O6S2/c7-1-15-13-5(11)3(9)4(10)6(12)14-16-2-8/h3-4,9-10H. The van der Waals surface area contributed by atoms with Crippen molar-refractivity contribution in [2.24, 2.45) is 0 Å². The van der Waals surface area contributed by atoms with Gasteiger partial charge in [-0.1, -0.05) is 0 Å². The van der Waals surface area contributed by atoms with Gasteiger partial charge in [0, 0.05) is 0 Å². The van der Waals surface area contributed by atoms with Gasteiger partial charge >= 0.3 is 11.9 Å². The molecule has 0 spiro atoms. The number of aliphatic hydroxyl groups excluding tert-OH is 2. The molecule has 2 atom stereocenters. The third-order valence-corrected chi connectivity index (χ3v) is 1.75. The monoisotopic (exact) mass is 264 g/mol. The highest BCUT2D eigenvalue weighted by Crippen LogP contribution is 2.09. The van der Waals surface area contributed by atoms with E-state index < -0.39 is 24.1 Å². The van der Waals surface area contributed by atoms with E-state index in [1.54, 1.807) is 0 Å². The van der Waals surface area contributed by atoms with Crippen LogP contribution in [-0.4, -0.2) is 34.4 Å². The summed E-state index contributed by atoms with van der Waals surface area (Å²) in [5, 5.41) is 36.9. The fourth-order valence-corrected chi connectivity index (χ4v) is 0.912. The lowest BCUT2D eigenvalue weighted by molar-refractivity contribution is -0.160. The summed E-state index contributed by atoms with van der Waals surface area (Å²) in [5.41, 5.74) is 0. The molecule has 16 heavy (non-hydrogen) atoms. The van der Waals surface area contributed by atoms with Gasteiger partial charge in [-0.3, -0.25) is 0 Å². The van der Waals surface area contributed by atoms with E-state index in [1.807, 2.05) is 0 Å². The molecule has 0 aliphatic carbocycles. The Bertz CT molecular complexity index is 314. The van der Waals surface area contributed by atoms with Crippen molar-refractivity contribution >= 4 is 36.0 Å². The highest BCUT2D eigenvalue weighted by Gasteiger charge is 2.33. The van der Waals surface area contributed by atoms with Crippen molar-refractivity contribution in [2.75, 3.05) is 0 Å². The van der Waals surface area contributed by atoms with E-state index in [0.29, 0.717) is 0 Å². The molecule has 2 N–H and O–H groups in total. The fraction of sp³-hybridized carbons (Fsp3) is 0.333. The lowest BCUT2D eigenvalue weighted by Crippen LogP contribution is -2.40. The first-order valence-corrected chi connectivity index (χ1v) is 4.92. The van der Waals surface area contributed by atoms with E-state index in [9.17, 15) is 9.59 Å². The minimum Gasteiger partial charge on any atom is -0.379 e. The predicted molar refractivity (Wildman–Crippen MR) is 50.6 cm³/mol. The van der Waals surface area contributed by atoms with E-state index in [1.165, 1.54) is 10.8 Å². The van der Waals surface area contributed by atoms with Crippen LogP contribution in [0, 0.1) is 21.3 Å². The summed E-state index contributed by atoms with van der Waals surface area (Å²) in [4.78, 5) is 21.7. The van der Waals surface area contributed by atoms with Crippen molar-refractivity contribution in [3.05, 3.63) is 0 Å². The molecule has 0 saturated carbocycles. The van der Waals surface area contributed by atoms with E-state index >= 15 is 0 Å². The number of aliphatic hydroxyl groups is 2. The van der Waals surface area contributed by atoms with E-state index in [-0.39, 0.29) is 24.1 Å². The Morgan fingerprint density at radius 2 is 1.31 bits per heavy atom. The fourth-order valence-electron chi connectivity index (χ4n) is 0.476. The number of hydrogen-bond donors (Lipinski definition) is 2. The predicted octanol–water partition coefficient (Wildman–Crippen LogP) is -0.947. The highest BCUT2D eigenvalue weighted by atomic mass is 32.2. The Labute approximate surface area is 98.2 Å². The van der Waals surface area contributed by atoms with E-state index in [4.69, 9.17) is 20.7 Å². The van der Waals surface area contributed by atoms with Crippen LogP contribution in [-0.2, 0) is 18.0 Å². The molecule has 0 aromatic heterocycles. The van der Waals surface area contributed by atoms with Gasteiger partial charge in [-0.15, -0.1) is 0 Å². The first kappa shape index (κ1) is 14.5. The summed E-state index contributed by atoms with van der Waals surface area (Å²) in [6.45, 7) is 0. The van der Waals surface area contributed by atoms with Gasteiger partial charge < -0.3 is 18.6 Å². The summed E-state index contributed by atoms with van der Waals surface area (Å²) in [5.74, 6) is -2.75. The van der Waals surface area contributed by atoms with Crippen LogP contribution in [0.15, 0.2) is 0 Å². The van der Waals surface area contributed by atoms with Crippen molar-refractivity contribution < 1.29 is 28.2 Å². The zero-order valence-corrected chi connectivity index (χ0v) is 9.03. The number of nitrogens with zero attached hydrogens (tertiary/aromatic N) is 2. The van der Waals surface area contributed by atoms with Gasteiger partial charge in [0.2, 0.25) is 0 Å². The SMILES string of the molecule is N#CSOC(=O)C(O)C(O)C(=O)OSC#N. The van der Waals surface area contributed by atoms with Crippen molar-refractivity contribution in [1.29, 1.82) is 10.5 Å². The molecule has 0 radical (unpaired) electrons. The molecule has 0 heterocycles. The number of carbonyl (C=O) groups is 2. The molecule has 0 aromatic rings. The third-order valence-electron chi connectivity index (χ3n) is 1.10. The average Bonchev–Trinajstić information content (AvgIpc) is 2.30. The molecule has 8 nitrogen and oxygen atoms in total. The summed E-state index contributed by atoms with van der Waals surface area (Å²) in [6.07, 6.45) is -4.37.